The molecule has 5 heteroatoms. The van der Waals surface area contributed by atoms with Crippen LogP contribution in [0.2, 0.25) is 0 Å². The normalized spacial score (nSPS) is 26.7. The number of nitrogens with two attached hydrogens (primary N) is 1. The molecular weight excluding hydrogens is 190 g/mol. The fourth-order valence-corrected chi connectivity index (χ4v) is 2.07. The van der Waals surface area contributed by atoms with Gasteiger partial charge in [0.15, 0.2) is 0 Å². The lowest BCUT2D eigenvalue weighted by molar-refractivity contribution is 0.344. The van der Waals surface area contributed by atoms with Gasteiger partial charge in [-0.25, -0.2) is 4.98 Å². The van der Waals surface area contributed by atoms with E-state index in [9.17, 15) is 0 Å². The zero-order valence-electron chi connectivity index (χ0n) is 8.95. The molecule has 0 aromatic carbocycles. The van der Waals surface area contributed by atoms with Crippen molar-refractivity contribution in [1.29, 1.82) is 0 Å². The highest BCUT2D eigenvalue weighted by Crippen LogP contribution is 2.16. The van der Waals surface area contributed by atoms with Gasteiger partial charge in [-0.1, -0.05) is 0 Å². The monoisotopic (exact) mass is 209 g/mol. The van der Waals surface area contributed by atoms with E-state index in [2.05, 4.69) is 20.5 Å². The lowest BCUT2D eigenvalue weighted by atomic mass is 9.92. The minimum Gasteiger partial charge on any atom is -0.328 e. The first kappa shape index (κ1) is 10.6. The molecule has 1 saturated carbocycles. The molecule has 15 heavy (non-hydrogen) atoms. The summed E-state index contributed by atoms with van der Waals surface area (Å²) in [6.07, 6.45) is 7.19. The molecule has 84 valence electrons. The number of hydrogen-bond acceptors (Lipinski definition) is 4. The minimum atomic E-state index is 0.428. The molecule has 5 nitrogen and oxygen atoms in total. The SMILES string of the molecule is NC1CCC(NCCc2ncn[nH]2)CC1. The van der Waals surface area contributed by atoms with Gasteiger partial charge < -0.3 is 11.1 Å². The van der Waals surface area contributed by atoms with Crippen LogP contribution < -0.4 is 11.1 Å². The summed E-state index contributed by atoms with van der Waals surface area (Å²) in [5.41, 5.74) is 5.85. The maximum absolute atomic E-state index is 5.85. The van der Waals surface area contributed by atoms with Gasteiger partial charge in [-0.15, -0.1) is 0 Å². The lowest BCUT2D eigenvalue weighted by Crippen LogP contribution is -2.38. The number of aromatic nitrogens is 3. The second kappa shape index (κ2) is 5.23. The quantitative estimate of drug-likeness (QED) is 0.662. The molecule has 0 aliphatic heterocycles. The average Bonchev–Trinajstić information content (AvgIpc) is 2.74. The molecule has 1 heterocycles. The Morgan fingerprint density at radius 1 is 1.40 bits per heavy atom. The van der Waals surface area contributed by atoms with Crippen LogP contribution in [-0.4, -0.2) is 33.8 Å². The molecule has 1 aliphatic carbocycles. The summed E-state index contributed by atoms with van der Waals surface area (Å²) < 4.78 is 0. The van der Waals surface area contributed by atoms with Crippen LogP contribution in [0.4, 0.5) is 0 Å². The van der Waals surface area contributed by atoms with Gasteiger partial charge in [0, 0.05) is 25.0 Å². The fourth-order valence-electron chi connectivity index (χ4n) is 2.07. The Morgan fingerprint density at radius 3 is 2.87 bits per heavy atom. The van der Waals surface area contributed by atoms with Crippen LogP contribution in [0.1, 0.15) is 31.5 Å². The molecular formula is C10H19N5. The number of nitrogens with one attached hydrogen (secondary N) is 2. The van der Waals surface area contributed by atoms with Gasteiger partial charge in [-0.05, 0) is 25.7 Å². The van der Waals surface area contributed by atoms with Gasteiger partial charge >= 0.3 is 0 Å². The molecule has 0 atom stereocenters. The van der Waals surface area contributed by atoms with Gasteiger partial charge in [-0.3, -0.25) is 5.10 Å². The summed E-state index contributed by atoms with van der Waals surface area (Å²) in [5, 5.41) is 10.2. The van der Waals surface area contributed by atoms with Crippen molar-refractivity contribution >= 4 is 0 Å². The largest absolute Gasteiger partial charge is 0.328 e. The maximum Gasteiger partial charge on any atom is 0.137 e. The van der Waals surface area contributed by atoms with Crippen LogP contribution in [0.15, 0.2) is 6.33 Å². The Morgan fingerprint density at radius 2 is 2.20 bits per heavy atom. The standard InChI is InChI=1S/C10H19N5/c11-8-1-3-9(4-2-8)12-6-5-10-13-7-14-15-10/h7-9,12H,1-6,11H2,(H,13,14,15). The van der Waals surface area contributed by atoms with Gasteiger partial charge in [0.25, 0.3) is 0 Å². The first-order valence-corrected chi connectivity index (χ1v) is 5.68. The molecule has 0 spiro atoms. The summed E-state index contributed by atoms with van der Waals surface area (Å²) in [6.45, 7) is 0.967. The number of nitrogens with zero attached hydrogens (tertiary/aromatic N) is 2. The molecule has 0 saturated heterocycles. The van der Waals surface area contributed by atoms with Gasteiger partial charge in [-0.2, -0.15) is 5.10 Å². The van der Waals surface area contributed by atoms with E-state index in [0.29, 0.717) is 12.1 Å². The Bertz CT molecular complexity index is 263. The Hall–Kier alpha value is -0.940. The summed E-state index contributed by atoms with van der Waals surface area (Å²) in [5.74, 6) is 0.954. The van der Waals surface area contributed by atoms with E-state index in [1.165, 1.54) is 12.8 Å². The zero-order chi connectivity index (χ0) is 10.5. The van der Waals surface area contributed by atoms with Crippen molar-refractivity contribution in [3.8, 4) is 0 Å². The second-order valence-corrected chi connectivity index (χ2v) is 4.25. The summed E-state index contributed by atoms with van der Waals surface area (Å²) >= 11 is 0. The highest BCUT2D eigenvalue weighted by atomic mass is 15.2. The minimum absolute atomic E-state index is 0.428. The number of H-pyrrole nitrogens is 1. The molecule has 0 bridgehead atoms. The molecule has 0 radical (unpaired) electrons. The van der Waals surface area contributed by atoms with Crippen molar-refractivity contribution in [2.45, 2.75) is 44.2 Å². The predicted octanol–water partition coefficient (Wildman–Crippen LogP) is 0.207. The first-order valence-electron chi connectivity index (χ1n) is 5.68. The third kappa shape index (κ3) is 3.28. The molecule has 1 aliphatic rings. The van der Waals surface area contributed by atoms with Crippen molar-refractivity contribution in [1.82, 2.24) is 20.5 Å². The molecule has 1 aromatic heterocycles. The Labute approximate surface area is 89.9 Å². The summed E-state index contributed by atoms with van der Waals surface area (Å²) in [4.78, 5) is 4.08. The van der Waals surface area contributed by atoms with Crippen LogP contribution in [0.3, 0.4) is 0 Å². The molecule has 0 unspecified atom stereocenters. The Balaban J connectivity index is 1.62. The van der Waals surface area contributed by atoms with E-state index in [0.717, 1.165) is 31.6 Å². The van der Waals surface area contributed by atoms with Crippen molar-refractivity contribution in [3.63, 3.8) is 0 Å². The average molecular weight is 209 g/mol. The third-order valence-electron chi connectivity index (χ3n) is 3.03. The highest BCUT2D eigenvalue weighted by molar-refractivity contribution is 4.83. The lowest BCUT2D eigenvalue weighted by Gasteiger charge is -2.26. The van der Waals surface area contributed by atoms with Gasteiger partial charge in [0.1, 0.15) is 12.2 Å². The predicted molar refractivity (Wildman–Crippen MR) is 58.3 cm³/mol. The van der Waals surface area contributed by atoms with Crippen molar-refractivity contribution in [2.75, 3.05) is 6.54 Å². The smallest absolute Gasteiger partial charge is 0.137 e. The van der Waals surface area contributed by atoms with Gasteiger partial charge in [0.2, 0.25) is 0 Å². The first-order chi connectivity index (χ1) is 7.34. The van der Waals surface area contributed by atoms with E-state index < -0.39 is 0 Å². The van der Waals surface area contributed by atoms with E-state index in [-0.39, 0.29) is 0 Å². The van der Waals surface area contributed by atoms with E-state index >= 15 is 0 Å². The number of hydrogen-bond donors (Lipinski definition) is 3. The highest BCUT2D eigenvalue weighted by Gasteiger charge is 2.17. The van der Waals surface area contributed by atoms with Crippen LogP contribution in [0.25, 0.3) is 0 Å². The van der Waals surface area contributed by atoms with E-state index in [1.807, 2.05) is 0 Å². The number of rotatable bonds is 4. The van der Waals surface area contributed by atoms with Crippen LogP contribution >= 0.6 is 0 Å². The van der Waals surface area contributed by atoms with E-state index in [1.54, 1.807) is 6.33 Å². The third-order valence-corrected chi connectivity index (χ3v) is 3.03. The Kier molecular flexibility index (Phi) is 3.69. The van der Waals surface area contributed by atoms with Crippen LogP contribution in [0.5, 0.6) is 0 Å². The number of aromatic amines is 1. The molecule has 1 fully saturated rings. The van der Waals surface area contributed by atoms with Crippen molar-refractivity contribution in [3.05, 3.63) is 12.2 Å². The van der Waals surface area contributed by atoms with Gasteiger partial charge in [0.05, 0.1) is 0 Å². The molecule has 1 aromatic rings. The van der Waals surface area contributed by atoms with Crippen LogP contribution in [0, 0.1) is 0 Å². The van der Waals surface area contributed by atoms with Crippen LogP contribution in [-0.2, 0) is 6.42 Å². The molecule has 2 rings (SSSR count). The second-order valence-electron chi connectivity index (χ2n) is 4.25. The van der Waals surface area contributed by atoms with E-state index in [4.69, 9.17) is 5.73 Å². The van der Waals surface area contributed by atoms with Crippen molar-refractivity contribution in [2.24, 2.45) is 5.73 Å². The molecule has 4 N–H and O–H groups in total. The summed E-state index contributed by atoms with van der Waals surface area (Å²) in [7, 11) is 0. The summed E-state index contributed by atoms with van der Waals surface area (Å²) in [6, 6.07) is 1.07. The maximum atomic E-state index is 5.85. The zero-order valence-corrected chi connectivity index (χ0v) is 8.95. The van der Waals surface area contributed by atoms with Crippen molar-refractivity contribution < 1.29 is 0 Å². The topological polar surface area (TPSA) is 79.6 Å². The molecule has 0 amide bonds. The fraction of sp³-hybridized carbons (Fsp3) is 0.800.